The Labute approximate surface area is 71.3 Å². The molecule has 0 unspecified atom stereocenters. The van der Waals surface area contributed by atoms with Crippen LogP contribution in [-0.2, 0) is 12.7 Å². The summed E-state index contributed by atoms with van der Waals surface area (Å²) in [5, 5.41) is 5.77. The van der Waals surface area contributed by atoms with Crippen molar-refractivity contribution in [1.82, 2.24) is 15.0 Å². The molecule has 0 N–H and O–H groups in total. The van der Waals surface area contributed by atoms with E-state index in [9.17, 15) is 17.6 Å². The number of aromatic nitrogens is 3. The SMILES string of the molecule is CCCn1nnc(F)c1C(F)(F)F. The molecule has 0 atom stereocenters. The first-order valence-electron chi connectivity index (χ1n) is 3.63. The summed E-state index contributed by atoms with van der Waals surface area (Å²) in [6, 6.07) is 0. The molecule has 7 heteroatoms. The second kappa shape index (κ2) is 3.31. The Morgan fingerprint density at radius 1 is 1.38 bits per heavy atom. The van der Waals surface area contributed by atoms with Gasteiger partial charge in [-0.15, -0.1) is 0 Å². The molecule has 0 saturated heterocycles. The zero-order valence-electron chi connectivity index (χ0n) is 6.77. The molecule has 1 aromatic heterocycles. The molecule has 0 radical (unpaired) electrons. The summed E-state index contributed by atoms with van der Waals surface area (Å²) < 4.78 is 49.4. The average molecular weight is 197 g/mol. The quantitative estimate of drug-likeness (QED) is 0.677. The monoisotopic (exact) mass is 197 g/mol. The zero-order valence-corrected chi connectivity index (χ0v) is 6.77. The van der Waals surface area contributed by atoms with Crippen molar-refractivity contribution in [3.63, 3.8) is 0 Å². The van der Waals surface area contributed by atoms with Gasteiger partial charge in [0, 0.05) is 6.54 Å². The fraction of sp³-hybridized carbons (Fsp3) is 0.667. The van der Waals surface area contributed by atoms with E-state index in [2.05, 4.69) is 10.3 Å². The summed E-state index contributed by atoms with van der Waals surface area (Å²) in [4.78, 5) is 0. The summed E-state index contributed by atoms with van der Waals surface area (Å²) in [7, 11) is 0. The van der Waals surface area contributed by atoms with Crippen LogP contribution in [0.3, 0.4) is 0 Å². The second-order valence-corrected chi connectivity index (χ2v) is 2.45. The lowest BCUT2D eigenvalue weighted by atomic mass is 10.4. The van der Waals surface area contributed by atoms with Gasteiger partial charge in [-0.1, -0.05) is 17.2 Å². The van der Waals surface area contributed by atoms with E-state index >= 15 is 0 Å². The molecular formula is C6H7F4N3. The average Bonchev–Trinajstić information content (AvgIpc) is 2.31. The van der Waals surface area contributed by atoms with Crippen LogP contribution in [0.4, 0.5) is 17.6 Å². The number of rotatable bonds is 2. The fourth-order valence-electron chi connectivity index (χ4n) is 0.923. The minimum Gasteiger partial charge on any atom is -0.237 e. The van der Waals surface area contributed by atoms with E-state index < -0.39 is 17.8 Å². The molecule has 0 spiro atoms. The molecule has 0 fully saturated rings. The van der Waals surface area contributed by atoms with Crippen LogP contribution >= 0.6 is 0 Å². The van der Waals surface area contributed by atoms with Crippen molar-refractivity contribution in [2.24, 2.45) is 0 Å². The van der Waals surface area contributed by atoms with Crippen molar-refractivity contribution in [3.8, 4) is 0 Å². The van der Waals surface area contributed by atoms with Gasteiger partial charge in [-0.2, -0.15) is 17.6 Å². The van der Waals surface area contributed by atoms with Gasteiger partial charge < -0.3 is 0 Å². The Balaban J connectivity index is 3.09. The second-order valence-electron chi connectivity index (χ2n) is 2.45. The van der Waals surface area contributed by atoms with Crippen molar-refractivity contribution >= 4 is 0 Å². The zero-order chi connectivity index (χ0) is 10.1. The van der Waals surface area contributed by atoms with E-state index in [4.69, 9.17) is 0 Å². The smallest absolute Gasteiger partial charge is 0.237 e. The standard InChI is InChI=1S/C6H7F4N3/c1-2-3-13-4(6(8,9)10)5(7)11-12-13/h2-3H2,1H3. The maximum atomic E-state index is 12.5. The molecule has 0 bridgehead atoms. The summed E-state index contributed by atoms with van der Waals surface area (Å²) >= 11 is 0. The van der Waals surface area contributed by atoms with Crippen molar-refractivity contribution in [3.05, 3.63) is 11.6 Å². The minimum atomic E-state index is -4.73. The van der Waals surface area contributed by atoms with Gasteiger partial charge in [-0.25, -0.2) is 4.68 Å². The van der Waals surface area contributed by atoms with Crippen molar-refractivity contribution in [2.75, 3.05) is 0 Å². The predicted octanol–water partition coefficient (Wildman–Crippen LogP) is 1.85. The highest BCUT2D eigenvalue weighted by Crippen LogP contribution is 2.30. The number of hydrogen-bond donors (Lipinski definition) is 0. The molecule has 0 aliphatic heterocycles. The third-order valence-corrected chi connectivity index (χ3v) is 1.40. The largest absolute Gasteiger partial charge is 0.437 e. The Kier molecular flexibility index (Phi) is 2.53. The summed E-state index contributed by atoms with van der Waals surface area (Å²) in [5.74, 6) is -1.57. The number of nitrogens with zero attached hydrogens (tertiary/aromatic N) is 3. The third-order valence-electron chi connectivity index (χ3n) is 1.40. The van der Waals surface area contributed by atoms with Crippen LogP contribution in [0.1, 0.15) is 19.0 Å². The molecule has 1 heterocycles. The molecule has 74 valence electrons. The number of hydrogen-bond acceptors (Lipinski definition) is 2. The van der Waals surface area contributed by atoms with E-state index in [1.807, 2.05) is 0 Å². The number of alkyl halides is 3. The molecule has 0 aliphatic rings. The van der Waals surface area contributed by atoms with Gasteiger partial charge in [-0.3, -0.25) is 0 Å². The van der Waals surface area contributed by atoms with Crippen LogP contribution in [0, 0.1) is 5.95 Å². The highest BCUT2D eigenvalue weighted by atomic mass is 19.4. The van der Waals surface area contributed by atoms with E-state index in [0.717, 1.165) is 0 Å². The lowest BCUT2D eigenvalue weighted by Crippen LogP contribution is -2.16. The molecule has 0 aliphatic carbocycles. The van der Waals surface area contributed by atoms with Gasteiger partial charge in [-0.05, 0) is 6.42 Å². The topological polar surface area (TPSA) is 30.7 Å². The Morgan fingerprint density at radius 2 is 2.00 bits per heavy atom. The van der Waals surface area contributed by atoms with E-state index in [1.165, 1.54) is 0 Å². The summed E-state index contributed by atoms with van der Waals surface area (Å²) in [6.45, 7) is 1.67. The Morgan fingerprint density at radius 3 is 2.46 bits per heavy atom. The van der Waals surface area contributed by atoms with Crippen LogP contribution in [0.15, 0.2) is 0 Å². The molecule has 0 saturated carbocycles. The van der Waals surface area contributed by atoms with Crippen molar-refractivity contribution < 1.29 is 17.6 Å². The van der Waals surface area contributed by atoms with Crippen LogP contribution in [0.25, 0.3) is 0 Å². The normalized spacial score (nSPS) is 12.1. The van der Waals surface area contributed by atoms with Crippen LogP contribution < -0.4 is 0 Å². The van der Waals surface area contributed by atoms with Crippen molar-refractivity contribution in [2.45, 2.75) is 26.1 Å². The molecular weight excluding hydrogens is 190 g/mol. The highest BCUT2D eigenvalue weighted by molar-refractivity contribution is 5.02. The maximum absolute atomic E-state index is 12.5. The fourth-order valence-corrected chi connectivity index (χ4v) is 0.923. The van der Waals surface area contributed by atoms with Crippen molar-refractivity contribution in [1.29, 1.82) is 0 Å². The van der Waals surface area contributed by atoms with E-state index in [-0.39, 0.29) is 6.54 Å². The lowest BCUT2D eigenvalue weighted by molar-refractivity contribution is -0.146. The van der Waals surface area contributed by atoms with Crippen LogP contribution in [0.2, 0.25) is 0 Å². The molecule has 0 amide bonds. The van der Waals surface area contributed by atoms with Gasteiger partial charge in [0.1, 0.15) is 0 Å². The van der Waals surface area contributed by atoms with Gasteiger partial charge in [0.25, 0.3) is 5.95 Å². The first-order chi connectivity index (χ1) is 5.96. The molecule has 0 aromatic carbocycles. The van der Waals surface area contributed by atoms with E-state index in [1.54, 1.807) is 6.92 Å². The molecule has 13 heavy (non-hydrogen) atoms. The van der Waals surface area contributed by atoms with Crippen LogP contribution in [-0.4, -0.2) is 15.0 Å². The van der Waals surface area contributed by atoms with Gasteiger partial charge in [0.15, 0.2) is 5.69 Å². The Bertz CT molecular complexity index is 291. The first-order valence-corrected chi connectivity index (χ1v) is 3.63. The predicted molar refractivity (Wildman–Crippen MR) is 35.3 cm³/mol. The van der Waals surface area contributed by atoms with E-state index in [0.29, 0.717) is 11.1 Å². The van der Waals surface area contributed by atoms with Gasteiger partial charge in [0.2, 0.25) is 0 Å². The third kappa shape index (κ3) is 1.96. The lowest BCUT2D eigenvalue weighted by Gasteiger charge is -2.07. The maximum Gasteiger partial charge on any atom is 0.437 e. The summed E-state index contributed by atoms with van der Waals surface area (Å²) in [6.07, 6.45) is -4.30. The Hall–Kier alpha value is -1.14. The minimum absolute atomic E-state index is 0.00572. The number of halogens is 4. The highest BCUT2D eigenvalue weighted by Gasteiger charge is 2.39. The van der Waals surface area contributed by atoms with Gasteiger partial charge in [0.05, 0.1) is 0 Å². The first kappa shape index (κ1) is 9.94. The molecule has 1 rings (SSSR count). The van der Waals surface area contributed by atoms with Crippen LogP contribution in [0.5, 0.6) is 0 Å². The molecule has 1 aromatic rings. The van der Waals surface area contributed by atoms with Gasteiger partial charge >= 0.3 is 6.18 Å². The molecule has 3 nitrogen and oxygen atoms in total. The summed E-state index contributed by atoms with van der Waals surface area (Å²) in [5.41, 5.74) is -1.41. The number of aryl methyl sites for hydroxylation is 1.